The third kappa shape index (κ3) is 6.35. The van der Waals surface area contributed by atoms with Crippen LogP contribution in [0.1, 0.15) is 31.9 Å². The summed E-state index contributed by atoms with van der Waals surface area (Å²) < 4.78 is 37.9. The van der Waals surface area contributed by atoms with Gasteiger partial charge in [0.25, 0.3) is 15.9 Å². The van der Waals surface area contributed by atoms with Crippen molar-refractivity contribution in [3.8, 4) is 5.75 Å². The maximum absolute atomic E-state index is 12.6. The summed E-state index contributed by atoms with van der Waals surface area (Å²) in [5.74, 6) is -0.0207. The second-order valence-corrected chi connectivity index (χ2v) is 9.12. The van der Waals surface area contributed by atoms with Gasteiger partial charge in [-0.05, 0) is 41.7 Å². The van der Waals surface area contributed by atoms with Crippen LogP contribution in [0.4, 0.5) is 0 Å². The van der Waals surface area contributed by atoms with Crippen LogP contribution in [0.3, 0.4) is 0 Å². The van der Waals surface area contributed by atoms with Gasteiger partial charge in [-0.25, -0.2) is 13.1 Å². The number of amides is 1. The molecule has 7 heteroatoms. The van der Waals surface area contributed by atoms with Crippen molar-refractivity contribution in [1.29, 1.82) is 0 Å². The molecule has 1 N–H and O–H groups in total. The Morgan fingerprint density at radius 3 is 2.36 bits per heavy atom. The molecule has 0 heterocycles. The smallest absolute Gasteiger partial charge is 0.264 e. The van der Waals surface area contributed by atoms with Crippen LogP contribution in [-0.2, 0) is 25.0 Å². The molecule has 152 valence electrons. The van der Waals surface area contributed by atoms with Crippen LogP contribution in [0.5, 0.6) is 5.75 Å². The first-order valence-corrected chi connectivity index (χ1v) is 10.5. The fourth-order valence-corrected chi connectivity index (χ4v) is 3.73. The number of benzene rings is 2. The van der Waals surface area contributed by atoms with Crippen LogP contribution in [0.2, 0.25) is 0 Å². The number of rotatable bonds is 8. The highest BCUT2D eigenvalue weighted by Crippen LogP contribution is 2.26. The molecule has 1 amide bonds. The average Bonchev–Trinajstić information content (AvgIpc) is 2.61. The van der Waals surface area contributed by atoms with Gasteiger partial charge >= 0.3 is 0 Å². The quantitative estimate of drug-likeness (QED) is 0.682. The van der Waals surface area contributed by atoms with E-state index in [9.17, 15) is 13.2 Å². The summed E-state index contributed by atoms with van der Waals surface area (Å²) in [4.78, 5) is 12.1. The van der Waals surface area contributed by atoms with E-state index in [1.807, 2.05) is 57.2 Å². The fourth-order valence-electron chi connectivity index (χ4n) is 2.49. The van der Waals surface area contributed by atoms with E-state index < -0.39 is 15.9 Å². The molecule has 2 aromatic rings. The summed E-state index contributed by atoms with van der Waals surface area (Å²) in [5, 5.41) is 0. The summed E-state index contributed by atoms with van der Waals surface area (Å²) in [6, 6.07) is 14.5. The van der Waals surface area contributed by atoms with Gasteiger partial charge in [0.05, 0.1) is 11.5 Å². The lowest BCUT2D eigenvalue weighted by molar-refractivity contribution is -0.124. The SMILES string of the molecule is Cc1ccc(C(C)(C)C)cc1S(=O)(=O)NC(=O)COCCOc1ccccc1. The lowest BCUT2D eigenvalue weighted by Crippen LogP contribution is -2.34. The van der Waals surface area contributed by atoms with Crippen molar-refractivity contribution in [2.75, 3.05) is 19.8 Å². The van der Waals surface area contributed by atoms with Crippen LogP contribution >= 0.6 is 0 Å². The van der Waals surface area contributed by atoms with Gasteiger partial charge in [-0.1, -0.05) is 51.1 Å². The third-order valence-electron chi connectivity index (χ3n) is 4.06. The zero-order valence-corrected chi connectivity index (χ0v) is 17.5. The van der Waals surface area contributed by atoms with Gasteiger partial charge < -0.3 is 9.47 Å². The minimum absolute atomic E-state index is 0.0979. The molecule has 2 rings (SSSR count). The molecule has 0 unspecified atom stereocenters. The summed E-state index contributed by atoms with van der Waals surface area (Å²) in [5.41, 5.74) is 1.25. The van der Waals surface area contributed by atoms with E-state index >= 15 is 0 Å². The number of sulfonamides is 1. The zero-order valence-electron chi connectivity index (χ0n) is 16.7. The molecule has 0 aliphatic heterocycles. The molecular formula is C21H27NO5S. The predicted octanol–water partition coefficient (Wildman–Crippen LogP) is 3.19. The number of ether oxygens (including phenoxy) is 2. The second kappa shape index (κ2) is 9.21. The van der Waals surface area contributed by atoms with Crippen molar-refractivity contribution in [2.45, 2.75) is 38.0 Å². The maximum atomic E-state index is 12.6. The van der Waals surface area contributed by atoms with Gasteiger partial charge in [0, 0.05) is 0 Å². The summed E-state index contributed by atoms with van der Waals surface area (Å²) in [7, 11) is -3.97. The first-order valence-electron chi connectivity index (χ1n) is 9.02. The topological polar surface area (TPSA) is 81.7 Å². The zero-order chi connectivity index (χ0) is 20.8. The molecule has 0 aromatic heterocycles. The average molecular weight is 406 g/mol. The van der Waals surface area contributed by atoms with Crippen molar-refractivity contribution in [1.82, 2.24) is 4.72 Å². The number of para-hydroxylation sites is 1. The summed E-state index contributed by atoms with van der Waals surface area (Å²) in [6.07, 6.45) is 0. The predicted molar refractivity (Wildman–Crippen MR) is 108 cm³/mol. The minimum Gasteiger partial charge on any atom is -0.491 e. The van der Waals surface area contributed by atoms with Gasteiger partial charge in [-0.3, -0.25) is 4.79 Å². The van der Waals surface area contributed by atoms with Crippen LogP contribution in [0.25, 0.3) is 0 Å². The largest absolute Gasteiger partial charge is 0.491 e. The van der Waals surface area contributed by atoms with E-state index in [1.165, 1.54) is 0 Å². The van der Waals surface area contributed by atoms with Crippen LogP contribution in [0, 0.1) is 6.92 Å². The van der Waals surface area contributed by atoms with Crippen molar-refractivity contribution in [2.24, 2.45) is 0 Å². The fraction of sp³-hybridized carbons (Fsp3) is 0.381. The Morgan fingerprint density at radius 1 is 1.04 bits per heavy atom. The van der Waals surface area contributed by atoms with E-state index in [0.29, 0.717) is 11.3 Å². The maximum Gasteiger partial charge on any atom is 0.264 e. The van der Waals surface area contributed by atoms with E-state index in [1.54, 1.807) is 19.1 Å². The highest BCUT2D eigenvalue weighted by atomic mass is 32.2. The molecular weight excluding hydrogens is 378 g/mol. The van der Waals surface area contributed by atoms with Crippen molar-refractivity contribution in [3.63, 3.8) is 0 Å². The number of hydrogen-bond donors (Lipinski definition) is 1. The normalized spacial score (nSPS) is 11.9. The van der Waals surface area contributed by atoms with Gasteiger partial charge in [0.1, 0.15) is 19.0 Å². The summed E-state index contributed by atoms with van der Waals surface area (Å²) in [6.45, 7) is 7.75. The first kappa shape index (κ1) is 21.9. The number of nitrogens with one attached hydrogen (secondary N) is 1. The first-order chi connectivity index (χ1) is 13.1. The van der Waals surface area contributed by atoms with Gasteiger partial charge in [0.2, 0.25) is 0 Å². The molecule has 2 aromatic carbocycles. The standard InChI is InChI=1S/C21H27NO5S/c1-16-10-11-17(21(2,3)4)14-19(16)28(24,25)22-20(23)15-26-12-13-27-18-8-6-5-7-9-18/h5-11,14H,12-13,15H2,1-4H3,(H,22,23). The molecule has 28 heavy (non-hydrogen) atoms. The van der Waals surface area contributed by atoms with Gasteiger partial charge in [0.15, 0.2) is 0 Å². The number of carbonyl (C=O) groups excluding carboxylic acids is 1. The molecule has 6 nitrogen and oxygen atoms in total. The molecule has 0 spiro atoms. The number of hydrogen-bond acceptors (Lipinski definition) is 5. The Kier molecular flexibility index (Phi) is 7.21. The Balaban J connectivity index is 1.89. The Morgan fingerprint density at radius 2 is 1.71 bits per heavy atom. The molecule has 0 atom stereocenters. The Labute approximate surface area is 166 Å². The van der Waals surface area contributed by atoms with Crippen molar-refractivity contribution < 1.29 is 22.7 Å². The van der Waals surface area contributed by atoms with Crippen molar-refractivity contribution in [3.05, 3.63) is 59.7 Å². The number of carbonyl (C=O) groups is 1. The van der Waals surface area contributed by atoms with Crippen molar-refractivity contribution >= 4 is 15.9 Å². The Hall–Kier alpha value is -2.38. The minimum atomic E-state index is -3.97. The van der Waals surface area contributed by atoms with Gasteiger partial charge in [-0.15, -0.1) is 0 Å². The lowest BCUT2D eigenvalue weighted by Gasteiger charge is -2.20. The van der Waals surface area contributed by atoms with E-state index in [4.69, 9.17) is 9.47 Å². The monoisotopic (exact) mass is 405 g/mol. The molecule has 0 aliphatic carbocycles. The lowest BCUT2D eigenvalue weighted by atomic mass is 9.87. The highest BCUT2D eigenvalue weighted by molar-refractivity contribution is 7.90. The molecule has 0 saturated heterocycles. The highest BCUT2D eigenvalue weighted by Gasteiger charge is 2.23. The van der Waals surface area contributed by atoms with E-state index in [0.717, 1.165) is 5.56 Å². The molecule has 0 radical (unpaired) electrons. The molecule has 0 saturated carbocycles. The van der Waals surface area contributed by atoms with E-state index in [2.05, 4.69) is 4.72 Å². The molecule has 0 bridgehead atoms. The summed E-state index contributed by atoms with van der Waals surface area (Å²) >= 11 is 0. The van der Waals surface area contributed by atoms with Crippen LogP contribution < -0.4 is 9.46 Å². The number of aryl methyl sites for hydroxylation is 1. The van der Waals surface area contributed by atoms with Gasteiger partial charge in [-0.2, -0.15) is 0 Å². The second-order valence-electron chi connectivity index (χ2n) is 7.47. The Bertz CT molecular complexity index is 902. The molecule has 0 aliphatic rings. The van der Waals surface area contributed by atoms with Crippen LogP contribution in [-0.4, -0.2) is 34.1 Å². The third-order valence-corrected chi connectivity index (χ3v) is 5.58. The van der Waals surface area contributed by atoms with Crippen LogP contribution in [0.15, 0.2) is 53.4 Å². The molecule has 0 fully saturated rings. The van der Waals surface area contributed by atoms with E-state index in [-0.39, 0.29) is 30.1 Å².